The first-order valence-electron chi connectivity index (χ1n) is 4.90. The van der Waals surface area contributed by atoms with Crippen LogP contribution in [0.1, 0.15) is 0 Å². The summed E-state index contributed by atoms with van der Waals surface area (Å²) in [6.45, 7) is 0. The van der Waals surface area contributed by atoms with Crippen LogP contribution in [0, 0.1) is 17.5 Å². The molecular weight excluding hydrogens is 309 g/mol. The Morgan fingerprint density at radius 3 is 2.22 bits per heavy atom. The SMILES string of the molecule is Nc1ccc(-c2c(F)cc(N)c(Br)c2F)c(F)c1. The molecule has 0 saturated carbocycles. The lowest BCUT2D eigenvalue weighted by molar-refractivity contribution is 0.579. The molecule has 0 aliphatic carbocycles. The first kappa shape index (κ1) is 12.8. The second kappa shape index (κ2) is 4.53. The molecule has 0 aliphatic rings. The zero-order valence-corrected chi connectivity index (χ0v) is 10.6. The number of nitrogen functional groups attached to an aromatic ring is 2. The van der Waals surface area contributed by atoms with E-state index in [4.69, 9.17) is 11.5 Å². The Kier molecular flexibility index (Phi) is 3.21. The minimum atomic E-state index is -0.948. The molecule has 0 heterocycles. The fraction of sp³-hybridized carbons (Fsp3) is 0. The molecule has 4 N–H and O–H groups in total. The molecular formula is C12H8BrF3N2. The highest BCUT2D eigenvalue weighted by Crippen LogP contribution is 2.36. The minimum absolute atomic E-state index is 0.0930. The summed E-state index contributed by atoms with van der Waals surface area (Å²) in [5, 5.41) is 0. The second-order valence-electron chi connectivity index (χ2n) is 3.69. The first-order valence-corrected chi connectivity index (χ1v) is 5.69. The van der Waals surface area contributed by atoms with Crippen LogP contribution in [0.4, 0.5) is 24.5 Å². The summed E-state index contributed by atoms with van der Waals surface area (Å²) in [6, 6.07) is 4.51. The molecule has 0 aliphatic heterocycles. The van der Waals surface area contributed by atoms with Crippen molar-refractivity contribution in [3.63, 3.8) is 0 Å². The van der Waals surface area contributed by atoms with Crippen molar-refractivity contribution in [2.75, 3.05) is 11.5 Å². The van der Waals surface area contributed by atoms with Crippen molar-refractivity contribution in [2.45, 2.75) is 0 Å². The summed E-state index contributed by atoms with van der Waals surface area (Å²) in [6.07, 6.45) is 0. The standard InChI is InChI=1S/C12H8BrF3N2/c13-11-9(18)4-8(15)10(12(11)16)6-2-1-5(17)3-7(6)14/h1-4H,17-18H2. The number of hydrogen-bond donors (Lipinski definition) is 2. The van der Waals surface area contributed by atoms with Gasteiger partial charge in [-0.2, -0.15) is 0 Å². The molecule has 0 amide bonds. The lowest BCUT2D eigenvalue weighted by Gasteiger charge is -2.10. The van der Waals surface area contributed by atoms with Crippen LogP contribution in [-0.4, -0.2) is 0 Å². The highest BCUT2D eigenvalue weighted by Gasteiger charge is 2.19. The average Bonchev–Trinajstić information content (AvgIpc) is 2.29. The molecule has 0 saturated heterocycles. The van der Waals surface area contributed by atoms with Gasteiger partial charge in [-0.15, -0.1) is 0 Å². The van der Waals surface area contributed by atoms with Gasteiger partial charge in [-0.1, -0.05) is 0 Å². The van der Waals surface area contributed by atoms with E-state index in [0.717, 1.165) is 12.1 Å². The molecule has 2 nitrogen and oxygen atoms in total. The average molecular weight is 317 g/mol. The Morgan fingerprint density at radius 2 is 1.61 bits per heavy atom. The van der Waals surface area contributed by atoms with Gasteiger partial charge < -0.3 is 11.5 Å². The molecule has 6 heteroatoms. The number of rotatable bonds is 1. The van der Waals surface area contributed by atoms with E-state index < -0.39 is 23.0 Å². The van der Waals surface area contributed by atoms with Crippen molar-refractivity contribution in [3.8, 4) is 11.1 Å². The zero-order chi connectivity index (χ0) is 13.4. The highest BCUT2D eigenvalue weighted by atomic mass is 79.9. The first-order chi connectivity index (χ1) is 8.41. The van der Waals surface area contributed by atoms with Crippen molar-refractivity contribution in [1.82, 2.24) is 0 Å². The Bertz CT molecular complexity index is 629. The monoisotopic (exact) mass is 316 g/mol. The predicted octanol–water partition coefficient (Wildman–Crippen LogP) is 3.70. The molecule has 0 radical (unpaired) electrons. The molecule has 0 aromatic heterocycles. The van der Waals surface area contributed by atoms with E-state index >= 15 is 0 Å². The summed E-state index contributed by atoms with van der Waals surface area (Å²) in [5.74, 6) is -2.68. The van der Waals surface area contributed by atoms with Gasteiger partial charge in [0.05, 0.1) is 15.7 Å². The second-order valence-corrected chi connectivity index (χ2v) is 4.48. The van der Waals surface area contributed by atoms with Crippen LogP contribution in [-0.2, 0) is 0 Å². The van der Waals surface area contributed by atoms with Gasteiger partial charge in [-0.3, -0.25) is 0 Å². The van der Waals surface area contributed by atoms with Gasteiger partial charge in [0.2, 0.25) is 0 Å². The van der Waals surface area contributed by atoms with Crippen LogP contribution in [0.2, 0.25) is 0 Å². The smallest absolute Gasteiger partial charge is 0.150 e. The Morgan fingerprint density at radius 1 is 0.944 bits per heavy atom. The summed E-state index contributed by atoms with van der Waals surface area (Å²) in [4.78, 5) is 0. The van der Waals surface area contributed by atoms with Crippen molar-refractivity contribution < 1.29 is 13.2 Å². The van der Waals surface area contributed by atoms with Crippen LogP contribution in [0.5, 0.6) is 0 Å². The molecule has 2 rings (SSSR count). The van der Waals surface area contributed by atoms with Crippen molar-refractivity contribution in [2.24, 2.45) is 0 Å². The number of anilines is 2. The summed E-state index contributed by atoms with van der Waals surface area (Å²) in [5.41, 5.74) is 10.2. The maximum Gasteiger partial charge on any atom is 0.150 e. The third-order valence-corrected chi connectivity index (χ3v) is 3.26. The third kappa shape index (κ3) is 2.03. The number of benzene rings is 2. The van der Waals surface area contributed by atoms with Crippen molar-refractivity contribution >= 4 is 27.3 Å². The van der Waals surface area contributed by atoms with Gasteiger partial charge in [0.1, 0.15) is 17.5 Å². The van der Waals surface area contributed by atoms with Crippen LogP contribution >= 0.6 is 15.9 Å². The molecule has 94 valence electrons. The minimum Gasteiger partial charge on any atom is -0.399 e. The van der Waals surface area contributed by atoms with E-state index in [1.165, 1.54) is 12.1 Å². The molecule has 0 unspecified atom stereocenters. The van der Waals surface area contributed by atoms with E-state index in [-0.39, 0.29) is 21.4 Å². The summed E-state index contributed by atoms with van der Waals surface area (Å²) in [7, 11) is 0. The van der Waals surface area contributed by atoms with Crippen LogP contribution in [0.3, 0.4) is 0 Å². The fourth-order valence-corrected chi connectivity index (χ4v) is 1.91. The van der Waals surface area contributed by atoms with Gasteiger partial charge in [-0.25, -0.2) is 13.2 Å². The van der Waals surface area contributed by atoms with E-state index in [0.29, 0.717) is 0 Å². The van der Waals surface area contributed by atoms with E-state index in [2.05, 4.69) is 15.9 Å². The van der Waals surface area contributed by atoms with Gasteiger partial charge in [0.25, 0.3) is 0 Å². The molecule has 0 bridgehead atoms. The third-order valence-electron chi connectivity index (χ3n) is 2.45. The molecule has 0 atom stereocenters. The topological polar surface area (TPSA) is 52.0 Å². The van der Waals surface area contributed by atoms with Crippen molar-refractivity contribution in [3.05, 3.63) is 46.2 Å². The van der Waals surface area contributed by atoms with E-state index in [1.54, 1.807) is 0 Å². The summed E-state index contributed by atoms with van der Waals surface area (Å²) >= 11 is 2.89. The normalized spacial score (nSPS) is 10.7. The largest absolute Gasteiger partial charge is 0.399 e. The summed E-state index contributed by atoms with van der Waals surface area (Å²) < 4.78 is 41.2. The predicted molar refractivity (Wildman–Crippen MR) is 68.3 cm³/mol. The molecule has 2 aromatic rings. The van der Waals surface area contributed by atoms with Gasteiger partial charge >= 0.3 is 0 Å². The quantitative estimate of drug-likeness (QED) is 0.622. The van der Waals surface area contributed by atoms with Gasteiger partial charge in [0.15, 0.2) is 0 Å². The van der Waals surface area contributed by atoms with Crippen LogP contribution in [0.15, 0.2) is 28.7 Å². The molecule has 0 fully saturated rings. The number of nitrogens with two attached hydrogens (primary N) is 2. The Labute approximate surface area is 110 Å². The fourth-order valence-electron chi connectivity index (χ4n) is 1.59. The molecule has 0 spiro atoms. The maximum atomic E-state index is 13.9. The number of hydrogen-bond acceptors (Lipinski definition) is 2. The Balaban J connectivity index is 2.75. The number of halogens is 4. The van der Waals surface area contributed by atoms with Crippen LogP contribution < -0.4 is 11.5 Å². The van der Waals surface area contributed by atoms with Gasteiger partial charge in [-0.05, 0) is 40.2 Å². The van der Waals surface area contributed by atoms with Crippen LogP contribution in [0.25, 0.3) is 11.1 Å². The molecule has 18 heavy (non-hydrogen) atoms. The highest BCUT2D eigenvalue weighted by molar-refractivity contribution is 9.10. The van der Waals surface area contributed by atoms with Gasteiger partial charge in [0, 0.05) is 11.3 Å². The Hall–Kier alpha value is -1.69. The lowest BCUT2D eigenvalue weighted by atomic mass is 10.0. The lowest BCUT2D eigenvalue weighted by Crippen LogP contribution is -1.99. The van der Waals surface area contributed by atoms with E-state index in [9.17, 15) is 13.2 Å². The van der Waals surface area contributed by atoms with Crippen molar-refractivity contribution in [1.29, 1.82) is 0 Å². The molecule has 2 aromatic carbocycles. The maximum absolute atomic E-state index is 13.9. The zero-order valence-electron chi connectivity index (χ0n) is 8.98. The van der Waals surface area contributed by atoms with E-state index in [1.807, 2.05) is 0 Å².